The number of benzene rings is 1. The van der Waals surface area contributed by atoms with Gasteiger partial charge in [0, 0.05) is 62.7 Å². The quantitative estimate of drug-likeness (QED) is 0.705. The number of aryl methyl sites for hydroxylation is 1. The standard InChI is InChI=1S/C25H30F2N4O/c1-18-2-3-20(21(16-18)30-12-7-24(5-6-24)8-13-30)23(32)29-19-4-11-28-22(17-19)31-14-9-25(26,27)10-15-31/h2-4,11,16-17H,5-10,12-15H2,1H3,(H,28,29,32). The van der Waals surface area contributed by atoms with Crippen LogP contribution in [0, 0.1) is 12.3 Å². The molecule has 0 bridgehead atoms. The molecule has 1 N–H and O–H groups in total. The van der Waals surface area contributed by atoms with E-state index in [-0.39, 0.29) is 31.8 Å². The van der Waals surface area contributed by atoms with Crippen molar-refractivity contribution in [1.82, 2.24) is 4.98 Å². The lowest BCUT2D eigenvalue weighted by molar-refractivity contribution is -0.0221. The van der Waals surface area contributed by atoms with Gasteiger partial charge in [0.2, 0.25) is 0 Å². The van der Waals surface area contributed by atoms with Crippen LogP contribution in [0.3, 0.4) is 0 Å². The number of rotatable bonds is 4. The smallest absolute Gasteiger partial charge is 0.257 e. The minimum absolute atomic E-state index is 0.158. The van der Waals surface area contributed by atoms with E-state index in [9.17, 15) is 13.6 Å². The third kappa shape index (κ3) is 4.43. The van der Waals surface area contributed by atoms with Gasteiger partial charge in [-0.15, -0.1) is 0 Å². The molecule has 1 amide bonds. The largest absolute Gasteiger partial charge is 0.371 e. The number of hydrogen-bond acceptors (Lipinski definition) is 4. The van der Waals surface area contributed by atoms with Crippen molar-refractivity contribution in [3.63, 3.8) is 0 Å². The first-order chi connectivity index (χ1) is 15.3. The molecule has 1 aromatic carbocycles. The Hall–Kier alpha value is -2.70. The summed E-state index contributed by atoms with van der Waals surface area (Å²) in [5.74, 6) is -2.14. The molecule has 170 valence electrons. The summed E-state index contributed by atoms with van der Waals surface area (Å²) in [6.45, 7) is 4.55. The minimum Gasteiger partial charge on any atom is -0.371 e. The molecule has 7 heteroatoms. The third-order valence-electron chi connectivity index (χ3n) is 7.34. The van der Waals surface area contributed by atoms with Crippen LogP contribution in [0.15, 0.2) is 36.5 Å². The molecule has 32 heavy (non-hydrogen) atoms. The van der Waals surface area contributed by atoms with Crippen molar-refractivity contribution in [2.24, 2.45) is 5.41 Å². The number of carbonyl (C=O) groups is 1. The molecule has 2 aromatic rings. The number of nitrogens with zero attached hydrogens (tertiary/aromatic N) is 3. The molecule has 1 saturated carbocycles. The van der Waals surface area contributed by atoms with Gasteiger partial charge in [-0.2, -0.15) is 0 Å². The van der Waals surface area contributed by atoms with Gasteiger partial charge < -0.3 is 15.1 Å². The number of amides is 1. The van der Waals surface area contributed by atoms with Gasteiger partial charge in [0.05, 0.1) is 5.56 Å². The molecule has 1 spiro atoms. The zero-order chi connectivity index (χ0) is 22.3. The normalized spacial score (nSPS) is 21.5. The molecule has 3 heterocycles. The average molecular weight is 441 g/mol. The lowest BCUT2D eigenvalue weighted by Gasteiger charge is -2.35. The van der Waals surface area contributed by atoms with Crippen LogP contribution in [-0.4, -0.2) is 43.0 Å². The summed E-state index contributed by atoms with van der Waals surface area (Å²) in [5.41, 5.74) is 3.99. The van der Waals surface area contributed by atoms with Crippen molar-refractivity contribution >= 4 is 23.1 Å². The predicted molar refractivity (Wildman–Crippen MR) is 123 cm³/mol. The van der Waals surface area contributed by atoms with E-state index in [4.69, 9.17) is 0 Å². The van der Waals surface area contributed by atoms with Crippen LogP contribution in [0.4, 0.5) is 26.0 Å². The summed E-state index contributed by atoms with van der Waals surface area (Å²) in [6, 6.07) is 9.48. The number of aromatic nitrogens is 1. The SMILES string of the molecule is Cc1ccc(C(=O)Nc2ccnc(N3CCC(F)(F)CC3)c2)c(N2CCC3(CC2)CC3)c1. The second-order valence-corrected chi connectivity index (χ2v) is 9.71. The maximum Gasteiger partial charge on any atom is 0.257 e. The summed E-state index contributed by atoms with van der Waals surface area (Å²) >= 11 is 0. The number of anilines is 3. The monoisotopic (exact) mass is 440 g/mol. The van der Waals surface area contributed by atoms with Gasteiger partial charge >= 0.3 is 0 Å². The number of nitrogens with one attached hydrogen (secondary N) is 1. The maximum absolute atomic E-state index is 13.5. The first-order valence-electron chi connectivity index (χ1n) is 11.6. The van der Waals surface area contributed by atoms with Crippen LogP contribution in [0.2, 0.25) is 0 Å². The maximum atomic E-state index is 13.5. The molecule has 1 aromatic heterocycles. The summed E-state index contributed by atoms with van der Waals surface area (Å²) < 4.78 is 27.0. The number of halogens is 2. The van der Waals surface area contributed by atoms with Gasteiger partial charge in [-0.25, -0.2) is 13.8 Å². The van der Waals surface area contributed by atoms with Crippen LogP contribution in [0.5, 0.6) is 0 Å². The third-order valence-corrected chi connectivity index (χ3v) is 7.34. The van der Waals surface area contributed by atoms with Crippen molar-refractivity contribution in [1.29, 1.82) is 0 Å². The highest BCUT2D eigenvalue weighted by atomic mass is 19.3. The molecule has 3 aliphatic rings. The predicted octanol–water partition coefficient (Wildman–Crippen LogP) is 5.26. The Morgan fingerprint density at radius 3 is 2.31 bits per heavy atom. The van der Waals surface area contributed by atoms with Crippen molar-refractivity contribution < 1.29 is 13.6 Å². The van der Waals surface area contributed by atoms with E-state index in [1.54, 1.807) is 18.3 Å². The number of piperidine rings is 2. The molecule has 5 rings (SSSR count). The number of carbonyl (C=O) groups excluding carboxylic acids is 1. The Morgan fingerprint density at radius 2 is 1.62 bits per heavy atom. The highest BCUT2D eigenvalue weighted by Gasteiger charge is 2.44. The van der Waals surface area contributed by atoms with Gasteiger partial charge in [-0.3, -0.25) is 4.79 Å². The molecule has 2 aliphatic heterocycles. The van der Waals surface area contributed by atoms with Crippen LogP contribution in [-0.2, 0) is 0 Å². The first-order valence-corrected chi connectivity index (χ1v) is 11.6. The summed E-state index contributed by atoms with van der Waals surface area (Å²) in [5, 5.41) is 3.00. The van der Waals surface area contributed by atoms with Gasteiger partial charge in [0.15, 0.2) is 0 Å². The molecule has 0 atom stereocenters. The van der Waals surface area contributed by atoms with E-state index < -0.39 is 5.92 Å². The zero-order valence-corrected chi connectivity index (χ0v) is 18.5. The fourth-order valence-electron chi connectivity index (χ4n) is 4.92. The molecule has 3 fully saturated rings. The Labute approximate surface area is 187 Å². The second-order valence-electron chi connectivity index (χ2n) is 9.71. The Morgan fingerprint density at radius 1 is 0.938 bits per heavy atom. The lowest BCUT2D eigenvalue weighted by atomic mass is 9.92. The minimum atomic E-state index is -2.60. The van der Waals surface area contributed by atoms with Crippen LogP contribution >= 0.6 is 0 Å². The molecular weight excluding hydrogens is 410 g/mol. The molecule has 2 saturated heterocycles. The van der Waals surface area contributed by atoms with Gasteiger partial charge in [0.1, 0.15) is 5.82 Å². The fourth-order valence-corrected chi connectivity index (χ4v) is 4.92. The Kier molecular flexibility index (Phi) is 5.30. The van der Waals surface area contributed by atoms with Gasteiger partial charge in [0.25, 0.3) is 11.8 Å². The molecular formula is C25H30F2N4O. The van der Waals surface area contributed by atoms with Gasteiger partial charge in [-0.1, -0.05) is 6.07 Å². The summed E-state index contributed by atoms with van der Waals surface area (Å²) in [4.78, 5) is 21.8. The molecule has 0 unspecified atom stereocenters. The van der Waals surface area contributed by atoms with Crippen LogP contribution in [0.1, 0.15) is 54.4 Å². The number of alkyl halides is 2. The average Bonchev–Trinajstić information content (AvgIpc) is 3.53. The number of pyridine rings is 1. The van der Waals surface area contributed by atoms with Crippen molar-refractivity contribution in [2.45, 2.75) is 51.4 Å². The van der Waals surface area contributed by atoms with Crippen molar-refractivity contribution in [3.8, 4) is 0 Å². The van der Waals surface area contributed by atoms with E-state index in [1.807, 2.05) is 17.0 Å². The van der Waals surface area contributed by atoms with Crippen LogP contribution < -0.4 is 15.1 Å². The van der Waals surface area contributed by atoms with E-state index >= 15 is 0 Å². The topological polar surface area (TPSA) is 48.5 Å². The fraction of sp³-hybridized carbons (Fsp3) is 0.520. The van der Waals surface area contributed by atoms with Crippen LogP contribution in [0.25, 0.3) is 0 Å². The highest BCUT2D eigenvalue weighted by molar-refractivity contribution is 6.08. The molecule has 0 radical (unpaired) electrons. The Balaban J connectivity index is 1.31. The van der Waals surface area contributed by atoms with E-state index in [2.05, 4.69) is 28.2 Å². The Bertz CT molecular complexity index is 1000. The highest BCUT2D eigenvalue weighted by Crippen LogP contribution is 2.54. The summed E-state index contributed by atoms with van der Waals surface area (Å²) in [7, 11) is 0. The lowest BCUT2D eigenvalue weighted by Crippen LogP contribution is -2.39. The van der Waals surface area contributed by atoms with E-state index in [0.717, 1.165) is 24.3 Å². The first kappa shape index (κ1) is 21.2. The zero-order valence-electron chi connectivity index (χ0n) is 18.5. The summed E-state index contributed by atoms with van der Waals surface area (Å²) in [6.07, 6.45) is 6.37. The molecule has 1 aliphatic carbocycles. The van der Waals surface area contributed by atoms with Crippen molar-refractivity contribution in [3.05, 3.63) is 47.7 Å². The van der Waals surface area contributed by atoms with E-state index in [1.165, 1.54) is 25.7 Å². The van der Waals surface area contributed by atoms with Crippen molar-refractivity contribution in [2.75, 3.05) is 41.3 Å². The number of hydrogen-bond donors (Lipinski definition) is 1. The molecule has 5 nitrogen and oxygen atoms in total. The second kappa shape index (κ2) is 8.01. The van der Waals surface area contributed by atoms with E-state index in [0.29, 0.717) is 22.5 Å². The van der Waals surface area contributed by atoms with Gasteiger partial charge in [-0.05, 0) is 61.8 Å².